The molecule has 2 aromatic rings. The molecule has 0 fully saturated rings. The van der Waals surface area contributed by atoms with Crippen molar-refractivity contribution in [1.29, 1.82) is 0 Å². The van der Waals surface area contributed by atoms with Crippen molar-refractivity contribution in [3.63, 3.8) is 0 Å². The van der Waals surface area contributed by atoms with Crippen molar-refractivity contribution in [2.24, 2.45) is 0 Å². The van der Waals surface area contributed by atoms with Crippen LogP contribution in [0.2, 0.25) is 0 Å². The molecule has 14 heavy (non-hydrogen) atoms. The van der Waals surface area contributed by atoms with Crippen molar-refractivity contribution >= 4 is 22.4 Å². The van der Waals surface area contributed by atoms with E-state index in [1.165, 1.54) is 0 Å². The number of carbonyl (C=O) groups excluding carboxylic acids is 1. The van der Waals surface area contributed by atoms with Crippen LogP contribution in [0.25, 0.3) is 10.8 Å². The molecule has 2 heteroatoms. The highest BCUT2D eigenvalue weighted by Gasteiger charge is 1.98. The first-order valence-corrected chi connectivity index (χ1v) is 4.30. The van der Waals surface area contributed by atoms with Gasteiger partial charge in [0.25, 0.3) is 0 Å². The summed E-state index contributed by atoms with van der Waals surface area (Å²) in [4.78, 5) is 10.0. The first-order chi connectivity index (χ1) is 6.92. The van der Waals surface area contributed by atoms with E-state index in [1.807, 2.05) is 42.5 Å². The van der Waals surface area contributed by atoms with E-state index >= 15 is 0 Å². The number of hydrogen-bond donors (Lipinski definition) is 0. The highest BCUT2D eigenvalue weighted by molar-refractivity contribution is 5.92. The van der Waals surface area contributed by atoms with E-state index in [9.17, 15) is 4.79 Å². The Labute approximate surface area is 81.9 Å². The van der Waals surface area contributed by atoms with Gasteiger partial charge < -0.3 is 0 Å². The third-order valence-electron chi connectivity index (χ3n) is 2.02. The molecule has 2 aromatic carbocycles. The van der Waals surface area contributed by atoms with Crippen molar-refractivity contribution < 1.29 is 4.79 Å². The quantitative estimate of drug-likeness (QED) is 0.656. The Kier molecular flexibility index (Phi) is 2.30. The van der Waals surface area contributed by atoms with E-state index in [0.29, 0.717) is 0 Å². The molecule has 0 aliphatic heterocycles. The average molecular weight is 182 g/mol. The zero-order chi connectivity index (χ0) is 9.80. The van der Waals surface area contributed by atoms with Gasteiger partial charge in [0.15, 0.2) is 0 Å². The summed E-state index contributed by atoms with van der Waals surface area (Å²) in [6.07, 6.45) is 1.14. The molecule has 0 saturated carbocycles. The van der Waals surface area contributed by atoms with Crippen LogP contribution in [-0.2, 0) is 4.79 Å². The van der Waals surface area contributed by atoms with Gasteiger partial charge in [-0.3, -0.25) is 0 Å². The number of rotatable bonds is 2. The number of benzene rings is 2. The highest BCUT2D eigenvalue weighted by atomic mass is 16.1. The molecule has 0 unspecified atom stereocenters. The van der Waals surface area contributed by atoms with Gasteiger partial charge in [0.05, 0.1) is 5.69 Å². The topological polar surface area (TPSA) is 31.2 Å². The minimum atomic E-state index is 0.798. The van der Waals surface area contributed by atoms with Crippen LogP contribution in [0.1, 0.15) is 0 Å². The van der Waals surface area contributed by atoms with Crippen LogP contribution >= 0.6 is 0 Å². The molecule has 1 radical (unpaired) electrons. The Balaban J connectivity index is 2.58. The van der Waals surface area contributed by atoms with Gasteiger partial charge in [-0.25, -0.2) is 10.1 Å². The van der Waals surface area contributed by atoms with Gasteiger partial charge in [0.1, 0.15) is 12.1 Å². The lowest BCUT2D eigenvalue weighted by Gasteiger charge is -2.01. The first-order valence-electron chi connectivity index (χ1n) is 4.30. The number of fused-ring (bicyclic) bond motifs is 1. The summed E-state index contributed by atoms with van der Waals surface area (Å²) >= 11 is 0. The van der Waals surface area contributed by atoms with Crippen LogP contribution in [0.5, 0.6) is 0 Å². The zero-order valence-electron chi connectivity index (χ0n) is 7.47. The predicted octanol–water partition coefficient (Wildman–Crippen LogP) is 2.42. The summed E-state index contributed by atoms with van der Waals surface area (Å²) in [5.74, 6) is 1.64. The second kappa shape index (κ2) is 3.77. The second-order valence-corrected chi connectivity index (χ2v) is 2.87. The lowest BCUT2D eigenvalue weighted by Crippen LogP contribution is -1.87. The van der Waals surface area contributed by atoms with Gasteiger partial charge in [0, 0.05) is 5.39 Å². The molecule has 0 saturated heterocycles. The predicted molar refractivity (Wildman–Crippen MR) is 56.0 cm³/mol. The Morgan fingerprint density at radius 3 is 2.71 bits per heavy atom. The lowest BCUT2D eigenvalue weighted by molar-refractivity contribution is 0.568. The van der Waals surface area contributed by atoms with Crippen molar-refractivity contribution in [2.45, 2.75) is 0 Å². The summed E-state index contributed by atoms with van der Waals surface area (Å²) in [6.45, 7) is 0. The normalized spacial score (nSPS) is 9.43. The molecule has 0 N–H and O–H groups in total. The number of nitrogens with zero attached hydrogens (tertiary/aromatic N) is 1. The van der Waals surface area contributed by atoms with Crippen LogP contribution in [0.3, 0.4) is 0 Å². The lowest BCUT2D eigenvalue weighted by atomic mass is 10.1. The molecule has 0 spiro atoms. The SMILES string of the molecule is O=C=C[N]c1cccc2ccccc12. The van der Waals surface area contributed by atoms with Crippen LogP contribution in [-0.4, -0.2) is 5.94 Å². The summed E-state index contributed by atoms with van der Waals surface area (Å²) in [6, 6.07) is 13.7. The second-order valence-electron chi connectivity index (χ2n) is 2.87. The fraction of sp³-hybridized carbons (Fsp3) is 0. The summed E-state index contributed by atoms with van der Waals surface area (Å²) in [5, 5.41) is 6.17. The van der Waals surface area contributed by atoms with Gasteiger partial charge in [-0.05, 0) is 11.5 Å². The molecule has 0 aliphatic rings. The summed E-state index contributed by atoms with van der Waals surface area (Å²) < 4.78 is 0. The molecule has 0 aliphatic carbocycles. The van der Waals surface area contributed by atoms with E-state index in [1.54, 1.807) is 5.94 Å². The molecule has 0 amide bonds. The molecule has 0 atom stereocenters. The van der Waals surface area contributed by atoms with Crippen molar-refractivity contribution in [1.82, 2.24) is 5.32 Å². The van der Waals surface area contributed by atoms with Crippen LogP contribution in [0.4, 0.5) is 5.69 Å². The average Bonchev–Trinajstić information content (AvgIpc) is 2.26. The van der Waals surface area contributed by atoms with Crippen molar-refractivity contribution in [3.05, 3.63) is 48.7 Å². The molecule has 0 heterocycles. The molecular weight excluding hydrogens is 174 g/mol. The van der Waals surface area contributed by atoms with Gasteiger partial charge in [-0.1, -0.05) is 36.4 Å². The number of hydrogen-bond acceptors (Lipinski definition) is 1. The minimum absolute atomic E-state index is 0.798. The van der Waals surface area contributed by atoms with Gasteiger partial charge in [-0.15, -0.1) is 0 Å². The maximum atomic E-state index is 10.0. The van der Waals surface area contributed by atoms with Crippen LogP contribution in [0, 0.1) is 0 Å². The maximum Gasteiger partial charge on any atom is 0.144 e. The van der Waals surface area contributed by atoms with Crippen LogP contribution < -0.4 is 5.32 Å². The fourth-order valence-corrected chi connectivity index (χ4v) is 1.42. The van der Waals surface area contributed by atoms with E-state index in [2.05, 4.69) is 5.32 Å². The Hall–Kier alpha value is -2.05. The van der Waals surface area contributed by atoms with E-state index in [4.69, 9.17) is 0 Å². The Bertz CT molecular complexity index is 493. The van der Waals surface area contributed by atoms with Gasteiger partial charge in [0.2, 0.25) is 0 Å². The molecule has 67 valence electrons. The maximum absolute atomic E-state index is 10.0. The van der Waals surface area contributed by atoms with Crippen molar-refractivity contribution in [2.75, 3.05) is 0 Å². The summed E-state index contributed by atoms with van der Waals surface area (Å²) in [5.41, 5.74) is 0.798. The molecule has 0 bridgehead atoms. The van der Waals surface area contributed by atoms with Crippen LogP contribution in [0.15, 0.2) is 48.7 Å². The van der Waals surface area contributed by atoms with E-state index in [0.717, 1.165) is 22.7 Å². The van der Waals surface area contributed by atoms with E-state index in [-0.39, 0.29) is 0 Å². The van der Waals surface area contributed by atoms with Gasteiger partial charge >= 0.3 is 0 Å². The molecule has 2 nitrogen and oxygen atoms in total. The Morgan fingerprint density at radius 2 is 1.86 bits per heavy atom. The molecular formula is C12H8NO. The fourth-order valence-electron chi connectivity index (χ4n) is 1.42. The summed E-state index contributed by atoms with van der Waals surface area (Å²) in [7, 11) is 0. The van der Waals surface area contributed by atoms with Crippen molar-refractivity contribution in [3.8, 4) is 0 Å². The standard InChI is InChI=1S/C12H8NO/c14-9-8-13-12-7-3-5-10-4-1-2-6-11(10)12/h1-8H. The Morgan fingerprint density at radius 1 is 1.07 bits per heavy atom. The zero-order valence-corrected chi connectivity index (χ0v) is 7.47. The largest absolute Gasteiger partial charge is 0.244 e. The third kappa shape index (κ3) is 1.51. The van der Waals surface area contributed by atoms with E-state index < -0.39 is 0 Å². The third-order valence-corrected chi connectivity index (χ3v) is 2.02. The highest BCUT2D eigenvalue weighted by Crippen LogP contribution is 2.22. The monoisotopic (exact) mass is 182 g/mol. The molecule has 2 rings (SSSR count). The smallest absolute Gasteiger partial charge is 0.144 e. The van der Waals surface area contributed by atoms with Gasteiger partial charge in [-0.2, -0.15) is 0 Å². The molecule has 0 aromatic heterocycles. The first kappa shape index (κ1) is 8.54. The minimum Gasteiger partial charge on any atom is -0.244 e.